The fourth-order valence-electron chi connectivity index (χ4n) is 4.17. The molecule has 0 radical (unpaired) electrons. The second-order valence-electron chi connectivity index (χ2n) is 8.01. The quantitative estimate of drug-likeness (QED) is 0.426. The van der Waals surface area contributed by atoms with Gasteiger partial charge in [0.1, 0.15) is 12.6 Å². The number of carbonyl (C=O) groups excluding carboxylic acids is 2. The molecule has 0 heterocycles. The number of hydrogen-bond donors (Lipinski definition) is 3. The molecule has 3 N–H and O–H groups in total. The number of carboxylic acids is 1. The van der Waals surface area contributed by atoms with Gasteiger partial charge >= 0.3 is 12.1 Å². The Kier molecular flexibility index (Phi) is 7.05. The van der Waals surface area contributed by atoms with Crippen LogP contribution in [0.15, 0.2) is 72.8 Å². The summed E-state index contributed by atoms with van der Waals surface area (Å²) in [5, 5.41) is 13.3. The second kappa shape index (κ2) is 10.3. The normalized spacial score (nSPS) is 13.0. The van der Waals surface area contributed by atoms with E-state index < -0.39 is 36.9 Å². The molecule has 0 bridgehead atoms. The van der Waals surface area contributed by atoms with Gasteiger partial charge in [-0.05, 0) is 34.4 Å². The molecule has 180 valence electrons. The first-order chi connectivity index (χ1) is 16.8. The number of hydrogen-bond acceptors (Lipinski definition) is 4. The number of aliphatic carboxylic acids is 1. The minimum atomic E-state index is -3.07. The number of carbonyl (C=O) groups is 3. The molecule has 4 rings (SSSR count). The number of halogens is 2. The highest BCUT2D eigenvalue weighted by molar-refractivity contribution is 6.02. The number of anilines is 1. The third-order valence-electron chi connectivity index (χ3n) is 5.77. The van der Waals surface area contributed by atoms with Crippen molar-refractivity contribution in [2.75, 3.05) is 11.9 Å². The highest BCUT2D eigenvalue weighted by Gasteiger charge is 2.30. The lowest BCUT2D eigenvalue weighted by Gasteiger charge is -2.18. The van der Waals surface area contributed by atoms with E-state index in [4.69, 9.17) is 9.84 Å². The van der Waals surface area contributed by atoms with Crippen molar-refractivity contribution in [2.24, 2.45) is 0 Å². The summed E-state index contributed by atoms with van der Waals surface area (Å²) < 4.78 is 31.7. The maximum Gasteiger partial charge on any atom is 0.411 e. The maximum atomic E-state index is 13.1. The van der Waals surface area contributed by atoms with E-state index in [1.807, 2.05) is 53.8 Å². The summed E-state index contributed by atoms with van der Waals surface area (Å²) >= 11 is 0. The van der Waals surface area contributed by atoms with E-state index in [1.165, 1.54) is 18.2 Å². The van der Waals surface area contributed by atoms with Crippen LogP contribution >= 0.6 is 0 Å². The van der Waals surface area contributed by atoms with Gasteiger partial charge in [-0.1, -0.05) is 60.7 Å². The van der Waals surface area contributed by atoms with Gasteiger partial charge in [0.05, 0.1) is 17.7 Å². The van der Waals surface area contributed by atoms with E-state index in [-0.39, 0.29) is 23.8 Å². The Hall–Kier alpha value is -4.27. The van der Waals surface area contributed by atoms with E-state index in [9.17, 15) is 23.2 Å². The molecule has 0 aliphatic heterocycles. The SMILES string of the molecule is O=C(O)CC(NC(=O)c1ccccc1NC(=O)OCC1c2ccccc2-c2ccccc21)C(F)F. The molecule has 0 saturated carbocycles. The van der Waals surface area contributed by atoms with Crippen LogP contribution in [0.3, 0.4) is 0 Å². The summed E-state index contributed by atoms with van der Waals surface area (Å²) in [6.07, 6.45) is -4.83. The fourth-order valence-corrected chi connectivity index (χ4v) is 4.17. The largest absolute Gasteiger partial charge is 0.481 e. The van der Waals surface area contributed by atoms with E-state index >= 15 is 0 Å². The average molecular weight is 480 g/mol. The number of benzene rings is 3. The second-order valence-corrected chi connectivity index (χ2v) is 8.01. The molecular weight excluding hydrogens is 458 g/mol. The lowest BCUT2D eigenvalue weighted by molar-refractivity contribution is -0.138. The summed E-state index contributed by atoms with van der Waals surface area (Å²) in [6.45, 7) is 0.0558. The van der Waals surface area contributed by atoms with Crippen molar-refractivity contribution >= 4 is 23.7 Å². The zero-order valence-corrected chi connectivity index (χ0v) is 18.4. The Morgan fingerprint density at radius 2 is 1.46 bits per heavy atom. The van der Waals surface area contributed by atoms with Gasteiger partial charge in [-0.15, -0.1) is 0 Å². The lowest BCUT2D eigenvalue weighted by atomic mass is 9.98. The molecule has 1 aliphatic carbocycles. The maximum absolute atomic E-state index is 13.1. The number of amides is 2. The number of rotatable bonds is 8. The fraction of sp³-hybridized carbons (Fsp3) is 0.192. The van der Waals surface area contributed by atoms with Gasteiger partial charge in [-0.25, -0.2) is 13.6 Å². The van der Waals surface area contributed by atoms with Gasteiger partial charge < -0.3 is 15.2 Å². The first kappa shape index (κ1) is 23.9. The molecule has 35 heavy (non-hydrogen) atoms. The highest BCUT2D eigenvalue weighted by atomic mass is 19.3. The standard InChI is InChI=1S/C26H22F2N2O5/c27-24(28)22(13-23(31)32)29-25(33)19-11-5-6-12-21(19)30-26(34)35-14-20-17-9-3-1-7-15(17)16-8-2-4-10-18(16)20/h1-12,20,22,24H,13-14H2,(H,29,33)(H,30,34)(H,31,32). The Balaban J connectivity index is 1.44. The highest BCUT2D eigenvalue weighted by Crippen LogP contribution is 2.44. The van der Waals surface area contributed by atoms with E-state index in [0.717, 1.165) is 22.3 Å². The zero-order chi connectivity index (χ0) is 24.9. The van der Waals surface area contributed by atoms with Gasteiger partial charge in [-0.2, -0.15) is 0 Å². The Morgan fingerprint density at radius 1 is 0.886 bits per heavy atom. The van der Waals surface area contributed by atoms with Crippen molar-refractivity contribution in [2.45, 2.75) is 24.8 Å². The Labute approximate surface area is 199 Å². The van der Waals surface area contributed by atoms with Crippen LogP contribution in [-0.4, -0.2) is 42.2 Å². The number of carboxylic acid groups (broad SMARTS) is 1. The van der Waals surface area contributed by atoms with Crippen molar-refractivity contribution in [3.63, 3.8) is 0 Å². The van der Waals surface area contributed by atoms with Crippen LogP contribution in [0.2, 0.25) is 0 Å². The number of para-hydroxylation sites is 1. The van der Waals surface area contributed by atoms with Gasteiger partial charge in [0, 0.05) is 5.92 Å². The van der Waals surface area contributed by atoms with Gasteiger partial charge in [0.2, 0.25) is 0 Å². The van der Waals surface area contributed by atoms with E-state index in [2.05, 4.69) is 5.32 Å². The van der Waals surface area contributed by atoms with Crippen LogP contribution in [0.25, 0.3) is 11.1 Å². The van der Waals surface area contributed by atoms with E-state index in [0.29, 0.717) is 0 Å². The lowest BCUT2D eigenvalue weighted by Crippen LogP contribution is -2.41. The predicted molar refractivity (Wildman–Crippen MR) is 125 cm³/mol. The van der Waals surface area contributed by atoms with Crippen LogP contribution in [-0.2, 0) is 9.53 Å². The van der Waals surface area contributed by atoms with E-state index in [1.54, 1.807) is 6.07 Å². The first-order valence-corrected chi connectivity index (χ1v) is 10.9. The van der Waals surface area contributed by atoms with Crippen LogP contribution in [0, 0.1) is 0 Å². The topological polar surface area (TPSA) is 105 Å². The van der Waals surface area contributed by atoms with Crippen molar-refractivity contribution in [3.05, 3.63) is 89.5 Å². The zero-order valence-electron chi connectivity index (χ0n) is 18.4. The van der Waals surface area contributed by atoms with Crippen LogP contribution < -0.4 is 10.6 Å². The monoisotopic (exact) mass is 480 g/mol. The van der Waals surface area contributed by atoms with Crippen molar-refractivity contribution in [3.8, 4) is 11.1 Å². The van der Waals surface area contributed by atoms with Crippen molar-refractivity contribution < 1.29 is 33.0 Å². The first-order valence-electron chi connectivity index (χ1n) is 10.9. The molecular formula is C26H22F2N2O5. The summed E-state index contributed by atoms with van der Waals surface area (Å²) in [7, 11) is 0. The van der Waals surface area contributed by atoms with Gasteiger partial charge in [0.25, 0.3) is 12.3 Å². The molecule has 3 aromatic carbocycles. The molecule has 1 aliphatic rings. The number of ether oxygens (including phenoxy) is 1. The van der Waals surface area contributed by atoms with Gasteiger partial charge in [0.15, 0.2) is 0 Å². The molecule has 3 aromatic rings. The number of nitrogens with one attached hydrogen (secondary N) is 2. The minimum Gasteiger partial charge on any atom is -0.481 e. The molecule has 7 nitrogen and oxygen atoms in total. The summed E-state index contributed by atoms with van der Waals surface area (Å²) in [5.41, 5.74) is 4.18. The molecule has 0 aromatic heterocycles. The summed E-state index contributed by atoms with van der Waals surface area (Å²) in [5.74, 6) is -2.57. The smallest absolute Gasteiger partial charge is 0.411 e. The third kappa shape index (κ3) is 5.29. The molecule has 2 amide bonds. The molecule has 0 saturated heterocycles. The average Bonchev–Trinajstić information content (AvgIpc) is 3.16. The predicted octanol–water partition coefficient (Wildman–Crippen LogP) is 4.89. The van der Waals surface area contributed by atoms with Crippen molar-refractivity contribution in [1.82, 2.24) is 5.32 Å². The third-order valence-corrected chi connectivity index (χ3v) is 5.77. The minimum absolute atomic E-state index is 0.0468. The summed E-state index contributed by atoms with van der Waals surface area (Å²) in [6, 6.07) is 19.7. The number of fused-ring (bicyclic) bond motifs is 3. The molecule has 1 atom stereocenters. The Morgan fingerprint density at radius 3 is 2.06 bits per heavy atom. The van der Waals surface area contributed by atoms with Gasteiger partial charge in [-0.3, -0.25) is 14.9 Å². The van der Waals surface area contributed by atoms with Crippen LogP contribution in [0.1, 0.15) is 33.8 Å². The molecule has 0 spiro atoms. The summed E-state index contributed by atoms with van der Waals surface area (Å²) in [4.78, 5) is 36.0. The van der Waals surface area contributed by atoms with Crippen molar-refractivity contribution in [1.29, 1.82) is 0 Å². The molecule has 9 heteroatoms. The number of alkyl halides is 2. The Bertz CT molecular complexity index is 1220. The molecule has 0 fully saturated rings. The molecule has 1 unspecified atom stereocenters. The van der Waals surface area contributed by atoms with Crippen LogP contribution in [0.4, 0.5) is 19.3 Å². The van der Waals surface area contributed by atoms with Crippen LogP contribution in [0.5, 0.6) is 0 Å².